The number of fused-ring (bicyclic) bond motifs is 5. The van der Waals surface area contributed by atoms with Gasteiger partial charge in [-0.2, -0.15) is 0 Å². The number of aryl methyl sites for hydroxylation is 2. The molecule has 18 aromatic rings. The van der Waals surface area contributed by atoms with Gasteiger partial charge in [-0.15, -0.1) is 22.7 Å². The van der Waals surface area contributed by atoms with Crippen LogP contribution in [0.2, 0.25) is 0 Å². The van der Waals surface area contributed by atoms with Crippen molar-refractivity contribution in [3.63, 3.8) is 0 Å². The summed E-state index contributed by atoms with van der Waals surface area (Å²) in [4.78, 5) is 12.9. The molecule has 0 radical (unpaired) electrons. The van der Waals surface area contributed by atoms with Gasteiger partial charge in [-0.1, -0.05) is 309 Å². The second-order valence-corrected chi connectivity index (χ2v) is 29.3. The molecule has 0 aliphatic rings. The van der Waals surface area contributed by atoms with E-state index in [1.807, 2.05) is 78.1 Å². The number of thiophene rings is 2. The van der Waals surface area contributed by atoms with Crippen LogP contribution in [0.25, 0.3) is 87.8 Å². The quantitative estimate of drug-likeness (QED) is 0.0897. The van der Waals surface area contributed by atoms with Crippen LogP contribution in [0.15, 0.2) is 419 Å². The molecule has 7 heteroatoms. The van der Waals surface area contributed by atoms with Gasteiger partial charge in [0.15, 0.2) is 0 Å². The van der Waals surface area contributed by atoms with Crippen molar-refractivity contribution in [3.05, 3.63) is 447 Å². The van der Waals surface area contributed by atoms with Crippen LogP contribution in [-0.2, 0) is 7.05 Å². The van der Waals surface area contributed by atoms with Crippen molar-refractivity contribution < 1.29 is 0 Å². The average molecular weight is 1490 g/mol. The molecule has 15 aromatic carbocycles. The van der Waals surface area contributed by atoms with Crippen molar-refractivity contribution in [1.82, 2.24) is 4.57 Å². The Hall–Kier alpha value is -13.6. The third-order valence-electron chi connectivity index (χ3n) is 19.7. The predicted molar refractivity (Wildman–Crippen MR) is 491 cm³/mol. The molecular weight excluding hydrogens is 1400 g/mol. The summed E-state index contributed by atoms with van der Waals surface area (Å²) in [5, 5.41) is 9.07. The van der Waals surface area contributed by atoms with Gasteiger partial charge in [0.05, 0.1) is 5.00 Å². The normalized spacial score (nSPS) is 10.9. The zero-order valence-electron chi connectivity index (χ0n) is 63.8. The predicted octanol–water partition coefficient (Wildman–Crippen LogP) is 30.5. The first-order valence-corrected chi connectivity index (χ1v) is 39.5. The van der Waals surface area contributed by atoms with Crippen LogP contribution in [0.4, 0.5) is 56.2 Å². The van der Waals surface area contributed by atoms with E-state index in [1.165, 1.54) is 108 Å². The fourth-order valence-corrected chi connectivity index (χ4v) is 15.9. The maximum atomic E-state index is 3.75. The molecule has 546 valence electrons. The molecule has 0 unspecified atom stereocenters. The number of nitrogens with zero attached hydrogens (tertiary/aromatic N) is 5. The number of hydrogen-bond donors (Lipinski definition) is 0. The van der Waals surface area contributed by atoms with Gasteiger partial charge in [0.1, 0.15) is 0 Å². The van der Waals surface area contributed by atoms with Gasteiger partial charge in [-0.3, -0.25) is 0 Å². The number of rotatable bonds is 16. The molecule has 0 bridgehead atoms. The van der Waals surface area contributed by atoms with Gasteiger partial charge in [0.2, 0.25) is 0 Å². The van der Waals surface area contributed by atoms with E-state index < -0.39 is 0 Å². The van der Waals surface area contributed by atoms with Gasteiger partial charge < -0.3 is 24.2 Å². The van der Waals surface area contributed by atoms with E-state index >= 15 is 0 Å². The first-order chi connectivity index (χ1) is 55.1. The Bertz CT molecular complexity index is 5970. The Labute approximate surface area is 668 Å². The summed E-state index contributed by atoms with van der Waals surface area (Å²) in [6, 6.07) is 143. The third-order valence-corrected chi connectivity index (χ3v) is 22.2. The maximum absolute atomic E-state index is 3.75. The van der Waals surface area contributed by atoms with Crippen LogP contribution in [0, 0.1) is 6.92 Å². The summed E-state index contributed by atoms with van der Waals surface area (Å²) < 4.78 is 2.24. The van der Waals surface area contributed by atoms with Gasteiger partial charge in [0.25, 0.3) is 0 Å². The lowest BCUT2D eigenvalue weighted by Gasteiger charge is -2.25. The smallest absolute Gasteiger partial charge is 0.0957 e. The van der Waals surface area contributed by atoms with E-state index in [-0.39, 0.29) is 0 Å². The molecule has 0 saturated carbocycles. The lowest BCUT2D eigenvalue weighted by Crippen LogP contribution is -2.09. The lowest BCUT2D eigenvalue weighted by atomic mass is 10.0. The average Bonchev–Trinajstić information content (AvgIpc) is 1.62. The number of aromatic nitrogens is 1. The van der Waals surface area contributed by atoms with Crippen LogP contribution in [0.3, 0.4) is 0 Å². The van der Waals surface area contributed by atoms with Crippen LogP contribution in [0.1, 0.15) is 34.7 Å². The van der Waals surface area contributed by atoms with Crippen LogP contribution in [-0.4, -0.2) is 18.7 Å². The second kappa shape index (κ2) is 37.0. The zero-order valence-corrected chi connectivity index (χ0v) is 65.5. The molecule has 0 saturated heterocycles. The van der Waals surface area contributed by atoms with Crippen molar-refractivity contribution in [2.24, 2.45) is 7.05 Å². The van der Waals surface area contributed by atoms with Gasteiger partial charge in [-0.25, -0.2) is 0 Å². The molecule has 0 spiro atoms. The molecule has 5 nitrogen and oxygen atoms in total. The molecule has 3 aromatic heterocycles. The standard InChI is InChI=1S/C29H21NS2.C27H23N.C21H19N.C15H15N.C13H11N/c1-30(25-15-7-11-21-9-3-5-13-23(21)25)29-19-18-28(32-29)27-17-16-26(31-27)24-14-6-10-20-8-2-4-12-22(20)24;1-22-12-18-26(19-13-22)28(25-10-6-3-7-11-25)27-20-16-24(17-21-27)15-14-23-8-4-2-5-9-23;1-2-9-18-14-16-21(17-15-18)22(19-10-5-3-6-11-19)20-12-7-4-8-13-20;1-3-13-9-11-15(12-10-13)16(2)14-7-5-4-6-8-14;1-14-12-8-4-2-6-10(12)11-7-3-5-9-13(11)14/h2-19H,1H3;2-21H,1H3;2-17H,1H3;3-12H,1H2,2H3;2-9H,1H3/b;15-14+;9-2+;;. The van der Waals surface area contributed by atoms with Crippen molar-refractivity contribution in [1.29, 1.82) is 0 Å². The fraction of sp³-hybridized carbons (Fsp3) is 0.0476. The largest absolute Gasteiger partial charge is 0.345 e. The minimum atomic E-state index is 1.14. The van der Waals surface area contributed by atoms with Crippen LogP contribution < -0.4 is 19.6 Å². The first kappa shape index (κ1) is 75.3. The Balaban J connectivity index is 0.000000120. The van der Waals surface area contributed by atoms with E-state index in [9.17, 15) is 0 Å². The summed E-state index contributed by atoms with van der Waals surface area (Å²) >= 11 is 3.72. The molecule has 0 amide bonds. The second-order valence-electron chi connectivity index (χ2n) is 27.1. The minimum Gasteiger partial charge on any atom is -0.345 e. The Morgan fingerprint density at radius 2 is 0.643 bits per heavy atom. The highest BCUT2D eigenvalue weighted by Crippen LogP contribution is 2.44. The molecule has 0 aliphatic carbocycles. The zero-order chi connectivity index (χ0) is 76.8. The highest BCUT2D eigenvalue weighted by molar-refractivity contribution is 7.25. The SMILES string of the molecule is C/C=C/c1ccc(N(c2ccccc2)c2ccccc2)cc1.C=Cc1ccc(N(C)c2ccccc2)cc1.CN(c1ccc(-c2ccc(-c3cccc4ccccc34)s2)s1)c1cccc2ccccc12.Cc1ccc(N(c2ccccc2)c2ccc(/C=C/c3ccccc3)cc2)cc1.Cn1c2ccccc2c2ccccc21. The number of benzene rings is 15. The summed E-state index contributed by atoms with van der Waals surface area (Å²) in [6.07, 6.45) is 10.3. The molecule has 0 fully saturated rings. The van der Waals surface area contributed by atoms with E-state index in [4.69, 9.17) is 0 Å². The molecule has 18 rings (SSSR count). The molecule has 3 heterocycles. The number of anilines is 10. The summed E-state index contributed by atoms with van der Waals surface area (Å²) in [5.41, 5.74) is 20.5. The van der Waals surface area contributed by atoms with Gasteiger partial charge in [-0.05, 0) is 197 Å². The summed E-state index contributed by atoms with van der Waals surface area (Å²) in [6.45, 7) is 7.90. The molecule has 0 atom stereocenters. The topological polar surface area (TPSA) is 17.9 Å². The summed E-state index contributed by atoms with van der Waals surface area (Å²) in [7, 11) is 6.34. The van der Waals surface area contributed by atoms with Crippen LogP contribution in [0.5, 0.6) is 0 Å². The highest BCUT2D eigenvalue weighted by Gasteiger charge is 2.17. The van der Waals surface area contributed by atoms with E-state index in [0.29, 0.717) is 0 Å². The lowest BCUT2D eigenvalue weighted by molar-refractivity contribution is 1.01. The van der Waals surface area contributed by atoms with E-state index in [0.717, 1.165) is 39.7 Å². The Morgan fingerprint density at radius 1 is 0.286 bits per heavy atom. The molecule has 112 heavy (non-hydrogen) atoms. The number of para-hydroxylation sites is 6. The first-order valence-electron chi connectivity index (χ1n) is 37.9. The van der Waals surface area contributed by atoms with Crippen molar-refractivity contribution >= 4 is 147 Å². The van der Waals surface area contributed by atoms with Gasteiger partial charge in [0, 0.05) is 114 Å². The summed E-state index contributed by atoms with van der Waals surface area (Å²) in [5.74, 6) is 0. The van der Waals surface area contributed by atoms with E-state index in [2.05, 4.69) is 447 Å². The van der Waals surface area contributed by atoms with Crippen molar-refractivity contribution in [2.75, 3.05) is 33.7 Å². The monoisotopic (exact) mass is 1480 g/mol. The van der Waals surface area contributed by atoms with E-state index in [1.54, 1.807) is 0 Å². The third kappa shape index (κ3) is 18.4. The maximum Gasteiger partial charge on any atom is 0.0957 e. The molecule has 0 N–H and O–H groups in total. The Kier molecular flexibility index (Phi) is 24.9. The highest BCUT2D eigenvalue weighted by atomic mass is 32.1. The molecular formula is C105H89N5S2. The van der Waals surface area contributed by atoms with Gasteiger partial charge >= 0.3 is 0 Å². The van der Waals surface area contributed by atoms with Crippen LogP contribution >= 0.6 is 22.7 Å². The van der Waals surface area contributed by atoms with Crippen molar-refractivity contribution in [2.45, 2.75) is 13.8 Å². The minimum absolute atomic E-state index is 1.14. The molecule has 0 aliphatic heterocycles. The number of hydrogen-bond acceptors (Lipinski definition) is 6. The van der Waals surface area contributed by atoms with Crippen molar-refractivity contribution in [3.8, 4) is 20.2 Å². The number of allylic oxidation sites excluding steroid dienone is 1. The fourth-order valence-electron chi connectivity index (χ4n) is 13.8. The Morgan fingerprint density at radius 3 is 1.16 bits per heavy atom.